The van der Waals surface area contributed by atoms with Gasteiger partial charge in [0.15, 0.2) is 11.0 Å². The molecule has 5 rings (SSSR count). The molecule has 3 aromatic carbocycles. The molecule has 2 aromatic heterocycles. The number of para-hydroxylation sites is 2. The molecule has 0 fully saturated rings. The normalized spacial score (nSPS) is 11.6. The molecule has 5 aromatic rings. The number of methoxy groups -OCH3 is 1. The van der Waals surface area contributed by atoms with Crippen LogP contribution in [-0.2, 0) is 7.05 Å². The van der Waals surface area contributed by atoms with E-state index < -0.39 is 0 Å². The van der Waals surface area contributed by atoms with Crippen LogP contribution in [0, 0.1) is 6.92 Å². The molecule has 0 atom stereocenters. The van der Waals surface area contributed by atoms with Gasteiger partial charge in [-0.25, -0.2) is 4.57 Å². The molecule has 0 aliphatic rings. The quantitative estimate of drug-likeness (QED) is 0.228. The predicted octanol–water partition coefficient (Wildman–Crippen LogP) is 7.75. The molecule has 0 N–H and O–H groups in total. The summed E-state index contributed by atoms with van der Waals surface area (Å²) < 4.78 is 10.4. The summed E-state index contributed by atoms with van der Waals surface area (Å²) in [4.78, 5) is 4.56. The zero-order valence-electron chi connectivity index (χ0n) is 22.9. The lowest BCUT2D eigenvalue weighted by Gasteiger charge is -2.21. The van der Waals surface area contributed by atoms with Crippen molar-refractivity contribution in [2.45, 2.75) is 46.5 Å². The molecule has 4 heteroatoms. The first-order valence-corrected chi connectivity index (χ1v) is 13.1. The summed E-state index contributed by atoms with van der Waals surface area (Å²) in [7, 11) is 3.86. The third-order valence-corrected chi connectivity index (χ3v) is 7.39. The van der Waals surface area contributed by atoms with E-state index in [1.165, 1.54) is 39.0 Å². The second-order valence-electron chi connectivity index (χ2n) is 10.4. The third-order valence-electron chi connectivity index (χ3n) is 7.39. The number of aromatic nitrogens is 3. The minimum Gasteiger partial charge on any atom is -0.495 e. The Bertz CT molecular complexity index is 1550. The Balaban J connectivity index is 1.94. The summed E-state index contributed by atoms with van der Waals surface area (Å²) in [6.07, 6.45) is 3.75. The molecule has 0 saturated carbocycles. The molecule has 0 saturated heterocycles. The summed E-state index contributed by atoms with van der Waals surface area (Å²) in [5.41, 5.74) is 10.9. The minimum absolute atomic E-state index is 0.333. The van der Waals surface area contributed by atoms with Gasteiger partial charge >= 0.3 is 0 Å². The van der Waals surface area contributed by atoms with Gasteiger partial charge in [-0.15, -0.1) is 0 Å². The van der Waals surface area contributed by atoms with E-state index in [1.807, 2.05) is 6.20 Å². The number of ether oxygens (including phenoxy) is 1. The largest absolute Gasteiger partial charge is 0.495 e. The number of imidazole rings is 1. The summed E-state index contributed by atoms with van der Waals surface area (Å²) in [5, 5.41) is 0. The molecule has 0 unspecified atom stereocenters. The van der Waals surface area contributed by atoms with Crippen molar-refractivity contribution in [2.75, 3.05) is 7.11 Å². The Hall–Kier alpha value is -3.92. The molecule has 0 amide bonds. The topological polar surface area (TPSA) is 30.9 Å². The maximum Gasteiger partial charge on any atom is 0.296 e. The van der Waals surface area contributed by atoms with E-state index in [0.717, 1.165) is 22.7 Å². The minimum atomic E-state index is 0.333. The molecule has 0 bridgehead atoms. The van der Waals surface area contributed by atoms with Crippen molar-refractivity contribution in [1.82, 2.24) is 9.55 Å². The molecule has 0 radical (unpaired) electrons. The zero-order chi connectivity index (χ0) is 26.3. The van der Waals surface area contributed by atoms with Crippen LogP contribution < -0.4 is 9.30 Å². The summed E-state index contributed by atoms with van der Waals surface area (Å²) in [6.45, 7) is 11.3. The summed E-state index contributed by atoms with van der Waals surface area (Å²) in [5.74, 6) is 2.56. The lowest BCUT2D eigenvalue weighted by molar-refractivity contribution is -0.633. The zero-order valence-corrected chi connectivity index (χ0v) is 22.9. The average Bonchev–Trinajstić information content (AvgIpc) is 3.20. The lowest BCUT2D eigenvalue weighted by atomic mass is 9.88. The first kappa shape index (κ1) is 24.8. The van der Waals surface area contributed by atoms with Crippen LogP contribution in [0.1, 0.15) is 56.2 Å². The highest BCUT2D eigenvalue weighted by Gasteiger charge is 2.32. The highest BCUT2D eigenvalue weighted by Crippen LogP contribution is 2.40. The van der Waals surface area contributed by atoms with Gasteiger partial charge in [0, 0.05) is 22.9 Å². The summed E-state index contributed by atoms with van der Waals surface area (Å²) in [6, 6.07) is 24.1. The van der Waals surface area contributed by atoms with Gasteiger partial charge in [-0.1, -0.05) is 70.2 Å². The van der Waals surface area contributed by atoms with E-state index in [4.69, 9.17) is 4.74 Å². The molecule has 0 aliphatic heterocycles. The molecule has 37 heavy (non-hydrogen) atoms. The SMILES string of the molecule is COc1cncc(-c2n(-c3c(C(C)C)cc(-c4ccccc4)cc3C(C)C)c3ccccc3[n+]2C)c1C. The highest BCUT2D eigenvalue weighted by molar-refractivity contribution is 5.82. The van der Waals surface area contributed by atoms with Gasteiger partial charge < -0.3 is 4.74 Å². The van der Waals surface area contributed by atoms with Crippen molar-refractivity contribution < 1.29 is 9.30 Å². The number of hydrogen-bond acceptors (Lipinski definition) is 2. The second-order valence-corrected chi connectivity index (χ2v) is 10.4. The number of aryl methyl sites for hydroxylation is 1. The number of benzene rings is 3. The van der Waals surface area contributed by atoms with Crippen molar-refractivity contribution in [2.24, 2.45) is 7.05 Å². The van der Waals surface area contributed by atoms with Gasteiger partial charge in [-0.2, -0.15) is 4.57 Å². The standard InChI is InChI=1S/C33H36N3O/c1-21(2)26-17-25(24-13-9-8-10-14-24)18-27(22(3)4)32(26)36-30-16-12-11-15-29(30)35(6)33(36)28-19-34-20-31(37-7)23(28)5/h8-22H,1-7H3/q+1. The monoisotopic (exact) mass is 490 g/mol. The Morgan fingerprint density at radius 2 is 1.43 bits per heavy atom. The van der Waals surface area contributed by atoms with Crippen molar-refractivity contribution in [3.05, 3.63) is 95.8 Å². The van der Waals surface area contributed by atoms with Gasteiger partial charge in [0.1, 0.15) is 11.4 Å². The Morgan fingerprint density at radius 3 is 2.05 bits per heavy atom. The number of rotatable bonds is 6. The smallest absolute Gasteiger partial charge is 0.296 e. The van der Waals surface area contributed by atoms with Gasteiger partial charge in [0.05, 0.1) is 25.9 Å². The van der Waals surface area contributed by atoms with Crippen LogP contribution in [0.5, 0.6) is 5.75 Å². The van der Waals surface area contributed by atoms with Gasteiger partial charge in [0.25, 0.3) is 5.82 Å². The van der Waals surface area contributed by atoms with Gasteiger partial charge in [-0.05, 0) is 54.2 Å². The first-order valence-electron chi connectivity index (χ1n) is 13.1. The van der Waals surface area contributed by atoms with Crippen LogP contribution >= 0.6 is 0 Å². The van der Waals surface area contributed by atoms with E-state index in [2.05, 4.69) is 123 Å². The van der Waals surface area contributed by atoms with Crippen molar-refractivity contribution in [3.63, 3.8) is 0 Å². The van der Waals surface area contributed by atoms with Crippen LogP contribution in [-0.4, -0.2) is 16.7 Å². The van der Waals surface area contributed by atoms with Crippen LogP contribution in [0.15, 0.2) is 79.1 Å². The van der Waals surface area contributed by atoms with Crippen LogP contribution in [0.4, 0.5) is 0 Å². The maximum absolute atomic E-state index is 5.67. The van der Waals surface area contributed by atoms with Crippen molar-refractivity contribution in [1.29, 1.82) is 0 Å². The average molecular weight is 491 g/mol. The molecular weight excluding hydrogens is 454 g/mol. The van der Waals surface area contributed by atoms with Crippen LogP contribution in [0.25, 0.3) is 39.2 Å². The third kappa shape index (κ3) is 4.21. The fraction of sp³-hybridized carbons (Fsp3) is 0.273. The van der Waals surface area contributed by atoms with Crippen LogP contribution in [0.2, 0.25) is 0 Å². The van der Waals surface area contributed by atoms with E-state index in [1.54, 1.807) is 13.3 Å². The van der Waals surface area contributed by atoms with Gasteiger partial charge in [-0.3, -0.25) is 4.98 Å². The van der Waals surface area contributed by atoms with Crippen molar-refractivity contribution >= 4 is 11.0 Å². The number of hydrogen-bond donors (Lipinski definition) is 0. The first-order chi connectivity index (χ1) is 17.8. The second kappa shape index (κ2) is 9.85. The predicted molar refractivity (Wildman–Crippen MR) is 153 cm³/mol. The maximum atomic E-state index is 5.67. The van der Waals surface area contributed by atoms with E-state index >= 15 is 0 Å². The van der Waals surface area contributed by atoms with Gasteiger partial charge in [0.2, 0.25) is 0 Å². The molecule has 0 aliphatic carbocycles. The van der Waals surface area contributed by atoms with E-state index in [-0.39, 0.29) is 0 Å². The fourth-order valence-electron chi connectivity index (χ4n) is 5.40. The number of fused-ring (bicyclic) bond motifs is 1. The van der Waals surface area contributed by atoms with Crippen molar-refractivity contribution in [3.8, 4) is 34.0 Å². The molecular formula is C33H36N3O+. The number of pyridine rings is 1. The van der Waals surface area contributed by atoms with E-state index in [9.17, 15) is 0 Å². The summed E-state index contributed by atoms with van der Waals surface area (Å²) >= 11 is 0. The Morgan fingerprint density at radius 1 is 0.811 bits per heavy atom. The number of nitrogens with zero attached hydrogens (tertiary/aromatic N) is 3. The molecule has 188 valence electrons. The Labute approximate surface area is 220 Å². The van der Waals surface area contributed by atoms with E-state index in [0.29, 0.717) is 11.8 Å². The Kier molecular flexibility index (Phi) is 6.59. The molecule has 4 nitrogen and oxygen atoms in total. The highest BCUT2D eigenvalue weighted by atomic mass is 16.5. The molecule has 0 spiro atoms. The fourth-order valence-corrected chi connectivity index (χ4v) is 5.40. The lowest BCUT2D eigenvalue weighted by Crippen LogP contribution is -2.30. The molecule has 2 heterocycles. The van der Waals surface area contributed by atoms with Crippen LogP contribution in [0.3, 0.4) is 0 Å².